The smallest absolute Gasteiger partial charge is 0.331 e. The van der Waals surface area contributed by atoms with Crippen LogP contribution in [-0.4, -0.2) is 28.7 Å². The van der Waals surface area contributed by atoms with Gasteiger partial charge in [-0.1, -0.05) is 6.92 Å². The van der Waals surface area contributed by atoms with Gasteiger partial charge in [-0.3, -0.25) is 4.79 Å². The number of hydrogen-bond donors (Lipinski definition) is 2. The Morgan fingerprint density at radius 1 is 1.54 bits per heavy atom. The molecule has 0 aliphatic carbocycles. The molecule has 1 atom stereocenters. The van der Waals surface area contributed by atoms with E-state index in [1.165, 1.54) is 6.92 Å². The molecular weight excluding hydrogens is 174 g/mol. The lowest BCUT2D eigenvalue weighted by Crippen LogP contribution is -2.54. The summed E-state index contributed by atoms with van der Waals surface area (Å²) < 4.78 is 0. The van der Waals surface area contributed by atoms with E-state index in [9.17, 15) is 14.4 Å². The van der Waals surface area contributed by atoms with E-state index in [4.69, 9.17) is 10.8 Å². The van der Waals surface area contributed by atoms with Gasteiger partial charge in [0.1, 0.15) is 6.29 Å². The first kappa shape index (κ1) is 11.8. The van der Waals surface area contributed by atoms with E-state index >= 15 is 0 Å². The third-order valence-electron chi connectivity index (χ3n) is 1.86. The fourth-order valence-corrected chi connectivity index (χ4v) is 0.968. The van der Waals surface area contributed by atoms with Gasteiger partial charge in [-0.25, -0.2) is 4.79 Å². The van der Waals surface area contributed by atoms with Crippen LogP contribution in [0.5, 0.6) is 0 Å². The van der Waals surface area contributed by atoms with Crippen LogP contribution >= 0.6 is 0 Å². The van der Waals surface area contributed by atoms with Gasteiger partial charge in [0, 0.05) is 12.8 Å². The van der Waals surface area contributed by atoms with Crippen LogP contribution in [-0.2, 0) is 14.4 Å². The van der Waals surface area contributed by atoms with Gasteiger partial charge in [0.15, 0.2) is 11.3 Å². The highest BCUT2D eigenvalue weighted by atomic mass is 16.4. The highest BCUT2D eigenvalue weighted by Crippen LogP contribution is 2.12. The molecule has 0 fully saturated rings. The lowest BCUT2D eigenvalue weighted by molar-refractivity contribution is -0.148. The molecule has 5 heteroatoms. The zero-order valence-electron chi connectivity index (χ0n) is 7.45. The maximum atomic E-state index is 11.2. The number of nitrogens with two attached hydrogens (primary N) is 1. The standard InChI is InChI=1S/C8H13NO4/c1-2-6(11)8(9,7(12)13)4-3-5-10/h5H,2-4,9H2,1H3,(H,12,13). The summed E-state index contributed by atoms with van der Waals surface area (Å²) in [6.45, 7) is 1.54. The number of Topliss-reactive ketones (excluding diaryl/α,β-unsaturated/α-hetero) is 1. The van der Waals surface area contributed by atoms with Gasteiger partial charge in [0.05, 0.1) is 0 Å². The quantitative estimate of drug-likeness (QED) is 0.440. The van der Waals surface area contributed by atoms with Gasteiger partial charge < -0.3 is 15.6 Å². The molecule has 0 aliphatic rings. The van der Waals surface area contributed by atoms with Crippen LogP contribution in [0.15, 0.2) is 0 Å². The van der Waals surface area contributed by atoms with E-state index in [0.29, 0.717) is 6.29 Å². The lowest BCUT2D eigenvalue weighted by atomic mass is 9.89. The number of carbonyl (C=O) groups excluding carboxylic acids is 2. The number of hydrogen-bond acceptors (Lipinski definition) is 4. The molecule has 0 aliphatic heterocycles. The molecule has 5 nitrogen and oxygen atoms in total. The fourth-order valence-electron chi connectivity index (χ4n) is 0.968. The Hall–Kier alpha value is -1.23. The summed E-state index contributed by atoms with van der Waals surface area (Å²) in [5.41, 5.74) is 3.48. The number of aliphatic carboxylic acids is 1. The van der Waals surface area contributed by atoms with Crippen molar-refractivity contribution in [2.24, 2.45) is 5.73 Å². The Kier molecular flexibility index (Phi) is 4.27. The molecule has 0 aromatic carbocycles. The van der Waals surface area contributed by atoms with E-state index in [2.05, 4.69) is 0 Å². The van der Waals surface area contributed by atoms with Gasteiger partial charge in [-0.15, -0.1) is 0 Å². The van der Waals surface area contributed by atoms with Gasteiger partial charge in [0.25, 0.3) is 0 Å². The second-order valence-corrected chi connectivity index (χ2v) is 2.76. The first-order valence-corrected chi connectivity index (χ1v) is 3.98. The number of rotatable bonds is 6. The second-order valence-electron chi connectivity index (χ2n) is 2.76. The summed E-state index contributed by atoms with van der Waals surface area (Å²) in [4.78, 5) is 31.9. The zero-order valence-corrected chi connectivity index (χ0v) is 7.45. The molecule has 0 spiro atoms. The molecule has 0 amide bonds. The highest BCUT2D eigenvalue weighted by molar-refractivity contribution is 6.07. The van der Waals surface area contributed by atoms with Gasteiger partial charge >= 0.3 is 5.97 Å². The molecular formula is C8H13NO4. The molecule has 0 aromatic rings. The fraction of sp³-hybridized carbons (Fsp3) is 0.625. The van der Waals surface area contributed by atoms with Crippen LogP contribution in [0, 0.1) is 0 Å². The molecule has 3 N–H and O–H groups in total. The maximum Gasteiger partial charge on any atom is 0.331 e. The van der Waals surface area contributed by atoms with Crippen molar-refractivity contribution >= 4 is 18.0 Å². The minimum atomic E-state index is -1.89. The van der Waals surface area contributed by atoms with Gasteiger partial charge in [-0.2, -0.15) is 0 Å². The van der Waals surface area contributed by atoms with Crippen molar-refractivity contribution in [2.75, 3.05) is 0 Å². The van der Waals surface area contributed by atoms with Gasteiger partial charge in [0.2, 0.25) is 0 Å². The van der Waals surface area contributed by atoms with Crippen molar-refractivity contribution in [2.45, 2.75) is 31.7 Å². The van der Waals surface area contributed by atoms with Crippen LogP contribution in [0.2, 0.25) is 0 Å². The SMILES string of the molecule is CCC(=O)C(N)(CCC=O)C(=O)O. The predicted octanol–water partition coefficient (Wildman–Crippen LogP) is -0.273. The van der Waals surface area contributed by atoms with Crippen LogP contribution in [0.25, 0.3) is 0 Å². The van der Waals surface area contributed by atoms with Crippen LogP contribution in [0.1, 0.15) is 26.2 Å². The number of ketones is 1. The molecule has 0 saturated heterocycles. The van der Waals surface area contributed by atoms with Crippen molar-refractivity contribution in [1.29, 1.82) is 0 Å². The van der Waals surface area contributed by atoms with E-state index < -0.39 is 17.3 Å². The zero-order chi connectivity index (χ0) is 10.5. The van der Waals surface area contributed by atoms with Crippen LogP contribution in [0.4, 0.5) is 0 Å². The molecule has 1 unspecified atom stereocenters. The van der Waals surface area contributed by atoms with Crippen molar-refractivity contribution < 1.29 is 19.5 Å². The van der Waals surface area contributed by atoms with E-state index in [0.717, 1.165) is 0 Å². The average molecular weight is 187 g/mol. The molecule has 0 saturated carbocycles. The lowest BCUT2D eigenvalue weighted by Gasteiger charge is -2.21. The summed E-state index contributed by atoms with van der Waals surface area (Å²) in [6, 6.07) is 0. The summed E-state index contributed by atoms with van der Waals surface area (Å²) in [5, 5.41) is 8.70. The summed E-state index contributed by atoms with van der Waals surface area (Å²) in [5.74, 6) is -1.93. The topological polar surface area (TPSA) is 97.5 Å². The molecule has 0 bridgehead atoms. The predicted molar refractivity (Wildman–Crippen MR) is 45.2 cm³/mol. The first-order chi connectivity index (χ1) is 5.99. The summed E-state index contributed by atoms with van der Waals surface area (Å²) in [7, 11) is 0. The summed E-state index contributed by atoms with van der Waals surface area (Å²) >= 11 is 0. The maximum absolute atomic E-state index is 11.2. The Morgan fingerprint density at radius 3 is 2.38 bits per heavy atom. The molecule has 0 aromatic heterocycles. The molecule has 13 heavy (non-hydrogen) atoms. The molecule has 0 rings (SSSR count). The van der Waals surface area contributed by atoms with Gasteiger partial charge in [-0.05, 0) is 6.42 Å². The van der Waals surface area contributed by atoms with Crippen molar-refractivity contribution in [1.82, 2.24) is 0 Å². The van der Waals surface area contributed by atoms with Crippen LogP contribution < -0.4 is 5.73 Å². The third kappa shape index (κ3) is 2.62. The number of carbonyl (C=O) groups is 3. The first-order valence-electron chi connectivity index (χ1n) is 3.98. The largest absolute Gasteiger partial charge is 0.480 e. The average Bonchev–Trinajstić information content (AvgIpc) is 2.12. The highest BCUT2D eigenvalue weighted by Gasteiger charge is 2.39. The Morgan fingerprint density at radius 2 is 2.08 bits per heavy atom. The third-order valence-corrected chi connectivity index (χ3v) is 1.86. The van der Waals surface area contributed by atoms with E-state index in [1.54, 1.807) is 0 Å². The number of carboxylic acids is 1. The monoisotopic (exact) mass is 187 g/mol. The molecule has 0 radical (unpaired) electrons. The minimum Gasteiger partial charge on any atom is -0.480 e. The van der Waals surface area contributed by atoms with Crippen LogP contribution in [0.3, 0.4) is 0 Å². The molecule has 74 valence electrons. The normalized spacial score (nSPS) is 14.6. The Labute approximate surface area is 75.9 Å². The minimum absolute atomic E-state index is 0.0193. The molecule has 0 heterocycles. The number of aldehydes is 1. The number of carboxylic acid groups (broad SMARTS) is 1. The van der Waals surface area contributed by atoms with Crippen molar-refractivity contribution in [3.63, 3.8) is 0 Å². The summed E-state index contributed by atoms with van der Waals surface area (Å²) in [6.07, 6.45) is 0.447. The van der Waals surface area contributed by atoms with Crippen molar-refractivity contribution in [3.8, 4) is 0 Å². The van der Waals surface area contributed by atoms with E-state index in [1.807, 2.05) is 0 Å². The van der Waals surface area contributed by atoms with E-state index in [-0.39, 0.29) is 19.3 Å². The second kappa shape index (κ2) is 4.71. The Bertz CT molecular complexity index is 226. The Balaban J connectivity index is 4.61. The van der Waals surface area contributed by atoms with Crippen molar-refractivity contribution in [3.05, 3.63) is 0 Å².